The molecule has 1 saturated carbocycles. The summed E-state index contributed by atoms with van der Waals surface area (Å²) in [6.45, 7) is 5.17. The minimum absolute atomic E-state index is 0.103. The van der Waals surface area contributed by atoms with E-state index in [1.807, 2.05) is 6.92 Å². The lowest BCUT2D eigenvalue weighted by Crippen LogP contribution is -2.55. The number of hydrogen-bond acceptors (Lipinski definition) is 3. The zero-order chi connectivity index (χ0) is 16.6. The molecule has 128 valence electrons. The molecule has 0 aromatic carbocycles. The summed E-state index contributed by atoms with van der Waals surface area (Å²) in [5, 5.41) is 2.92. The van der Waals surface area contributed by atoms with Gasteiger partial charge >= 0.3 is 6.03 Å². The van der Waals surface area contributed by atoms with Crippen molar-refractivity contribution >= 4 is 17.8 Å². The molecule has 3 atom stereocenters. The zero-order valence-corrected chi connectivity index (χ0v) is 14.1. The number of hydrogen-bond donors (Lipinski definition) is 1. The number of carbonyl (C=O) groups is 3. The minimum Gasteiger partial charge on any atom is -0.341 e. The van der Waals surface area contributed by atoms with Gasteiger partial charge in [0.1, 0.15) is 11.6 Å². The second-order valence-corrected chi connectivity index (χ2v) is 7.29. The van der Waals surface area contributed by atoms with E-state index in [9.17, 15) is 14.4 Å². The van der Waals surface area contributed by atoms with Crippen LogP contribution < -0.4 is 5.32 Å². The van der Waals surface area contributed by atoms with Crippen molar-refractivity contribution in [2.45, 2.75) is 70.4 Å². The number of piperidine rings is 1. The number of amides is 4. The number of carbonyl (C=O) groups excluding carboxylic acids is 3. The van der Waals surface area contributed by atoms with Crippen LogP contribution in [0.1, 0.15) is 58.8 Å². The Hall–Kier alpha value is -1.59. The molecule has 4 amide bonds. The predicted molar refractivity (Wildman–Crippen MR) is 85.6 cm³/mol. The fourth-order valence-corrected chi connectivity index (χ4v) is 4.30. The number of imide groups is 1. The topological polar surface area (TPSA) is 69.7 Å². The average Bonchev–Trinajstić information content (AvgIpc) is 2.81. The lowest BCUT2D eigenvalue weighted by Gasteiger charge is -2.37. The van der Waals surface area contributed by atoms with Crippen LogP contribution in [0.3, 0.4) is 0 Å². The Bertz CT molecular complexity index is 515. The molecule has 1 aliphatic carbocycles. The maximum Gasteiger partial charge on any atom is 0.325 e. The van der Waals surface area contributed by atoms with Gasteiger partial charge in [-0.1, -0.05) is 19.8 Å². The zero-order valence-electron chi connectivity index (χ0n) is 14.1. The minimum atomic E-state index is -0.786. The molecule has 0 bridgehead atoms. The van der Waals surface area contributed by atoms with E-state index in [1.165, 1.54) is 4.90 Å². The molecule has 6 nitrogen and oxygen atoms in total. The number of nitrogens with one attached hydrogen (secondary N) is 1. The molecular weight excluding hydrogens is 294 g/mol. The third kappa shape index (κ3) is 2.62. The molecule has 3 rings (SSSR count). The Labute approximate surface area is 137 Å². The van der Waals surface area contributed by atoms with Gasteiger partial charge in [0.15, 0.2) is 0 Å². The molecule has 6 heteroatoms. The largest absolute Gasteiger partial charge is 0.341 e. The van der Waals surface area contributed by atoms with Gasteiger partial charge < -0.3 is 10.2 Å². The second-order valence-electron chi connectivity index (χ2n) is 7.29. The van der Waals surface area contributed by atoms with Gasteiger partial charge in [0.05, 0.1) is 0 Å². The van der Waals surface area contributed by atoms with Crippen LogP contribution in [-0.2, 0) is 9.59 Å². The molecule has 2 heterocycles. The Morgan fingerprint density at radius 1 is 1.17 bits per heavy atom. The summed E-state index contributed by atoms with van der Waals surface area (Å²) in [6, 6.07) is -1.12. The Kier molecular flexibility index (Phi) is 4.34. The van der Waals surface area contributed by atoms with Crippen molar-refractivity contribution in [3.05, 3.63) is 0 Å². The second kappa shape index (κ2) is 6.13. The average molecular weight is 321 g/mol. The van der Waals surface area contributed by atoms with Crippen LogP contribution >= 0.6 is 0 Å². The van der Waals surface area contributed by atoms with Crippen molar-refractivity contribution in [2.75, 3.05) is 13.1 Å². The van der Waals surface area contributed by atoms with Crippen LogP contribution in [-0.4, -0.2) is 52.3 Å². The van der Waals surface area contributed by atoms with E-state index in [0.29, 0.717) is 6.42 Å². The van der Waals surface area contributed by atoms with Gasteiger partial charge in [0.2, 0.25) is 5.91 Å². The maximum atomic E-state index is 13.0. The SMILES string of the molecule is C[C@@H]1CCCC[C@@]12NC(=O)N([C@@H](C)C(=O)N1CCCCC1)C2=O. The van der Waals surface area contributed by atoms with E-state index >= 15 is 0 Å². The van der Waals surface area contributed by atoms with Crippen molar-refractivity contribution < 1.29 is 14.4 Å². The van der Waals surface area contributed by atoms with Gasteiger partial charge in [-0.2, -0.15) is 0 Å². The van der Waals surface area contributed by atoms with Crippen molar-refractivity contribution in [1.82, 2.24) is 15.1 Å². The monoisotopic (exact) mass is 321 g/mol. The summed E-state index contributed by atoms with van der Waals surface area (Å²) >= 11 is 0. The summed E-state index contributed by atoms with van der Waals surface area (Å²) in [6.07, 6.45) is 6.79. The Morgan fingerprint density at radius 2 is 1.87 bits per heavy atom. The Balaban J connectivity index is 1.78. The van der Waals surface area contributed by atoms with Crippen LogP contribution in [0.5, 0.6) is 0 Å². The quantitative estimate of drug-likeness (QED) is 0.790. The molecule has 3 fully saturated rings. The lowest BCUT2D eigenvalue weighted by molar-refractivity contribution is -0.144. The normalized spacial score (nSPS) is 33.0. The molecule has 3 aliphatic rings. The van der Waals surface area contributed by atoms with Crippen LogP contribution in [0.25, 0.3) is 0 Å². The van der Waals surface area contributed by atoms with Gasteiger partial charge in [-0.15, -0.1) is 0 Å². The van der Waals surface area contributed by atoms with E-state index in [0.717, 1.165) is 51.6 Å². The van der Waals surface area contributed by atoms with Gasteiger partial charge in [-0.3, -0.25) is 9.59 Å². The number of nitrogens with zero attached hydrogens (tertiary/aromatic N) is 2. The van der Waals surface area contributed by atoms with Crippen molar-refractivity contribution in [3.8, 4) is 0 Å². The van der Waals surface area contributed by atoms with Crippen molar-refractivity contribution in [1.29, 1.82) is 0 Å². The first kappa shape index (κ1) is 16.3. The molecule has 1 N–H and O–H groups in total. The summed E-state index contributed by atoms with van der Waals surface area (Å²) in [7, 11) is 0. The van der Waals surface area contributed by atoms with E-state index in [2.05, 4.69) is 5.32 Å². The van der Waals surface area contributed by atoms with Crippen molar-refractivity contribution in [3.63, 3.8) is 0 Å². The van der Waals surface area contributed by atoms with Gasteiger partial charge in [-0.05, 0) is 44.9 Å². The summed E-state index contributed by atoms with van der Waals surface area (Å²) in [5.74, 6) is -0.184. The molecule has 0 aromatic rings. The highest BCUT2D eigenvalue weighted by molar-refractivity contribution is 6.10. The molecule has 23 heavy (non-hydrogen) atoms. The first-order chi connectivity index (χ1) is 11.0. The molecule has 2 saturated heterocycles. The Morgan fingerprint density at radius 3 is 2.52 bits per heavy atom. The van der Waals surface area contributed by atoms with Crippen molar-refractivity contribution in [2.24, 2.45) is 5.92 Å². The molecule has 0 aromatic heterocycles. The van der Waals surface area contributed by atoms with Crippen LogP contribution in [0.4, 0.5) is 4.79 Å². The summed E-state index contributed by atoms with van der Waals surface area (Å²) in [4.78, 5) is 41.1. The fourth-order valence-electron chi connectivity index (χ4n) is 4.30. The lowest BCUT2D eigenvalue weighted by atomic mass is 9.73. The molecule has 2 aliphatic heterocycles. The molecule has 1 spiro atoms. The van der Waals surface area contributed by atoms with Crippen LogP contribution in [0.2, 0.25) is 0 Å². The first-order valence-corrected chi connectivity index (χ1v) is 8.92. The van der Waals surface area contributed by atoms with E-state index in [-0.39, 0.29) is 17.7 Å². The third-order valence-corrected chi connectivity index (χ3v) is 5.86. The highest BCUT2D eigenvalue weighted by atomic mass is 16.2. The first-order valence-electron chi connectivity index (χ1n) is 8.92. The molecule has 0 radical (unpaired) electrons. The number of rotatable bonds is 2. The fraction of sp³-hybridized carbons (Fsp3) is 0.824. The summed E-state index contributed by atoms with van der Waals surface area (Å²) in [5.41, 5.74) is -0.786. The standard InChI is InChI=1S/C17H27N3O3/c1-12-8-4-5-9-17(12)15(22)20(16(23)18-17)13(2)14(21)19-10-6-3-7-11-19/h12-13H,3-11H2,1-2H3,(H,18,23)/t12-,13+,17-/m1/s1. The van der Waals surface area contributed by atoms with Crippen LogP contribution in [0.15, 0.2) is 0 Å². The number of likely N-dealkylation sites (tertiary alicyclic amines) is 1. The summed E-state index contributed by atoms with van der Waals surface area (Å²) < 4.78 is 0. The highest BCUT2D eigenvalue weighted by Gasteiger charge is 2.56. The molecular formula is C17H27N3O3. The maximum absolute atomic E-state index is 13.0. The van der Waals surface area contributed by atoms with E-state index < -0.39 is 17.6 Å². The highest BCUT2D eigenvalue weighted by Crippen LogP contribution is 2.38. The predicted octanol–water partition coefficient (Wildman–Crippen LogP) is 1.89. The van der Waals surface area contributed by atoms with Crippen LogP contribution in [0, 0.1) is 5.92 Å². The van der Waals surface area contributed by atoms with Gasteiger partial charge in [0, 0.05) is 13.1 Å². The van der Waals surface area contributed by atoms with Gasteiger partial charge in [-0.25, -0.2) is 9.69 Å². The van der Waals surface area contributed by atoms with Gasteiger partial charge in [0.25, 0.3) is 5.91 Å². The smallest absolute Gasteiger partial charge is 0.325 e. The molecule has 0 unspecified atom stereocenters. The van der Waals surface area contributed by atoms with E-state index in [4.69, 9.17) is 0 Å². The third-order valence-electron chi connectivity index (χ3n) is 5.86. The van der Waals surface area contributed by atoms with E-state index in [1.54, 1.807) is 11.8 Å². The number of urea groups is 1.